The number of aromatic nitrogens is 2. The summed E-state index contributed by atoms with van der Waals surface area (Å²) < 4.78 is 22.1. The second-order valence-corrected chi connectivity index (χ2v) is 8.24. The van der Waals surface area contributed by atoms with E-state index in [9.17, 15) is 14.4 Å². The molecule has 178 valence electrons. The highest BCUT2D eigenvalue weighted by Crippen LogP contribution is 2.34. The number of hydrogen-bond acceptors (Lipinski definition) is 9. The van der Waals surface area contributed by atoms with Crippen molar-refractivity contribution >= 4 is 39.0 Å². The average Bonchev–Trinajstić information content (AvgIpc) is 3.51. The van der Waals surface area contributed by atoms with Gasteiger partial charge in [0.2, 0.25) is 6.79 Å². The van der Waals surface area contributed by atoms with Gasteiger partial charge in [0.25, 0.3) is 11.5 Å². The highest BCUT2D eigenvalue weighted by Gasteiger charge is 2.24. The van der Waals surface area contributed by atoms with E-state index in [-0.39, 0.29) is 29.5 Å². The van der Waals surface area contributed by atoms with Gasteiger partial charge >= 0.3 is 5.97 Å². The lowest BCUT2D eigenvalue weighted by atomic mass is 10.2. The predicted octanol–water partition coefficient (Wildman–Crippen LogP) is 3.61. The Kier molecular flexibility index (Phi) is 5.83. The fourth-order valence-corrected chi connectivity index (χ4v) is 4.54. The number of benzene rings is 2. The molecule has 0 radical (unpaired) electrons. The van der Waals surface area contributed by atoms with Crippen molar-refractivity contribution in [3.8, 4) is 22.9 Å². The summed E-state index contributed by atoms with van der Waals surface area (Å²) in [6.45, 7) is 1.91. The predicted molar refractivity (Wildman–Crippen MR) is 128 cm³/mol. The van der Waals surface area contributed by atoms with Crippen LogP contribution in [0.1, 0.15) is 27.8 Å². The third kappa shape index (κ3) is 4.06. The summed E-state index contributed by atoms with van der Waals surface area (Å²) in [5, 5.41) is 9.39. The van der Waals surface area contributed by atoms with Gasteiger partial charge in [-0.15, -0.1) is 11.3 Å². The number of nitrogens with one attached hydrogen (secondary N) is 1. The largest absolute Gasteiger partial charge is 0.497 e. The zero-order valence-electron chi connectivity index (χ0n) is 18.7. The van der Waals surface area contributed by atoms with Gasteiger partial charge in [-0.3, -0.25) is 9.59 Å². The van der Waals surface area contributed by atoms with Crippen LogP contribution >= 0.6 is 11.3 Å². The molecule has 0 saturated heterocycles. The molecule has 1 aliphatic heterocycles. The van der Waals surface area contributed by atoms with E-state index in [0.717, 1.165) is 16.0 Å². The number of carbonyl (C=O) groups is 2. The highest BCUT2D eigenvalue weighted by molar-refractivity contribution is 7.16. The van der Waals surface area contributed by atoms with Crippen molar-refractivity contribution in [3.63, 3.8) is 0 Å². The van der Waals surface area contributed by atoms with E-state index in [1.165, 1.54) is 7.11 Å². The second-order valence-electron chi connectivity index (χ2n) is 7.36. The van der Waals surface area contributed by atoms with Crippen LogP contribution in [-0.4, -0.2) is 42.2 Å². The van der Waals surface area contributed by atoms with Crippen LogP contribution in [0.25, 0.3) is 16.5 Å². The Morgan fingerprint density at radius 1 is 1.14 bits per heavy atom. The first-order chi connectivity index (χ1) is 17.0. The Hall–Kier alpha value is -4.38. The standard InChI is InChI=1S/C24H19N3O7S/c1-3-32-24(30)20-16-11-35-22(25-21(28)13-4-9-17-18(10-13)34-12-33-17)19(16)23(29)27(26-20)14-5-7-15(31-2)8-6-14/h4-11H,3,12H2,1-2H3,(H,25,28). The number of rotatable bonds is 6. The fraction of sp³-hybridized carbons (Fsp3) is 0.167. The van der Waals surface area contributed by atoms with Gasteiger partial charge < -0.3 is 24.3 Å². The first kappa shape index (κ1) is 22.4. The van der Waals surface area contributed by atoms with E-state index < -0.39 is 17.4 Å². The summed E-state index contributed by atoms with van der Waals surface area (Å²) in [7, 11) is 1.53. The van der Waals surface area contributed by atoms with Gasteiger partial charge in [0.1, 0.15) is 10.8 Å². The number of methoxy groups -OCH3 is 1. The van der Waals surface area contributed by atoms with Crippen LogP contribution < -0.4 is 25.1 Å². The molecule has 0 bridgehead atoms. The van der Waals surface area contributed by atoms with Gasteiger partial charge in [-0.1, -0.05) is 0 Å². The Morgan fingerprint density at radius 2 is 1.91 bits per heavy atom. The van der Waals surface area contributed by atoms with Gasteiger partial charge in [0.15, 0.2) is 17.2 Å². The van der Waals surface area contributed by atoms with E-state index in [1.54, 1.807) is 54.8 Å². The molecule has 11 heteroatoms. The molecule has 0 aliphatic carbocycles. The van der Waals surface area contributed by atoms with Crippen molar-refractivity contribution in [1.29, 1.82) is 0 Å². The number of hydrogen-bond donors (Lipinski definition) is 1. The fourth-order valence-electron chi connectivity index (χ4n) is 3.60. The Morgan fingerprint density at radius 3 is 2.66 bits per heavy atom. The summed E-state index contributed by atoms with van der Waals surface area (Å²) in [6.07, 6.45) is 0. The van der Waals surface area contributed by atoms with E-state index in [4.69, 9.17) is 18.9 Å². The van der Waals surface area contributed by atoms with Crippen molar-refractivity contribution in [1.82, 2.24) is 9.78 Å². The molecule has 5 rings (SSSR count). The van der Waals surface area contributed by atoms with Crippen LogP contribution in [0.3, 0.4) is 0 Å². The van der Waals surface area contributed by atoms with Crippen molar-refractivity contribution in [2.75, 3.05) is 25.8 Å². The summed E-state index contributed by atoms with van der Waals surface area (Å²) in [5.74, 6) is 0.490. The van der Waals surface area contributed by atoms with Crippen molar-refractivity contribution in [2.45, 2.75) is 6.92 Å². The summed E-state index contributed by atoms with van der Waals surface area (Å²) in [5.41, 5.74) is 0.214. The van der Waals surface area contributed by atoms with E-state index >= 15 is 0 Å². The third-order valence-electron chi connectivity index (χ3n) is 5.30. The molecule has 0 unspecified atom stereocenters. The molecule has 0 spiro atoms. The number of anilines is 1. The smallest absolute Gasteiger partial charge is 0.359 e. The Bertz CT molecular complexity index is 1510. The molecule has 0 saturated carbocycles. The Labute approximate surface area is 202 Å². The lowest BCUT2D eigenvalue weighted by molar-refractivity contribution is 0.0520. The molecule has 1 N–H and O–H groups in total. The number of carbonyl (C=O) groups excluding carboxylic acids is 2. The number of esters is 1. The number of thiophene rings is 1. The molecule has 3 heterocycles. The molecule has 1 aliphatic rings. The molecule has 35 heavy (non-hydrogen) atoms. The normalized spacial score (nSPS) is 11.9. The zero-order valence-corrected chi connectivity index (χ0v) is 19.5. The lowest BCUT2D eigenvalue weighted by Crippen LogP contribution is -2.25. The van der Waals surface area contributed by atoms with E-state index in [1.807, 2.05) is 0 Å². The molecular formula is C24H19N3O7S. The molecule has 0 fully saturated rings. The summed E-state index contributed by atoms with van der Waals surface area (Å²) in [4.78, 5) is 39.2. The zero-order chi connectivity index (χ0) is 24.5. The quantitative estimate of drug-likeness (QED) is 0.405. The summed E-state index contributed by atoms with van der Waals surface area (Å²) >= 11 is 1.12. The molecule has 0 atom stereocenters. The number of ether oxygens (including phenoxy) is 4. The number of nitrogens with zero attached hydrogens (tertiary/aromatic N) is 2. The maximum absolute atomic E-state index is 13.5. The second kappa shape index (κ2) is 9.11. The molecular weight excluding hydrogens is 474 g/mol. The molecule has 2 aromatic carbocycles. The van der Waals surface area contributed by atoms with Crippen LogP contribution in [-0.2, 0) is 4.74 Å². The van der Waals surface area contributed by atoms with E-state index in [0.29, 0.717) is 33.9 Å². The van der Waals surface area contributed by atoms with Crippen LogP contribution in [0, 0.1) is 0 Å². The monoisotopic (exact) mass is 493 g/mol. The number of amides is 1. The highest BCUT2D eigenvalue weighted by atomic mass is 32.1. The maximum atomic E-state index is 13.5. The van der Waals surface area contributed by atoms with Gasteiger partial charge in [-0.05, 0) is 49.4 Å². The van der Waals surface area contributed by atoms with Crippen molar-refractivity contribution in [3.05, 3.63) is 69.5 Å². The van der Waals surface area contributed by atoms with Gasteiger partial charge in [0, 0.05) is 16.3 Å². The van der Waals surface area contributed by atoms with Crippen LogP contribution in [0.2, 0.25) is 0 Å². The first-order valence-electron chi connectivity index (χ1n) is 10.6. The molecule has 10 nitrogen and oxygen atoms in total. The van der Waals surface area contributed by atoms with Crippen molar-refractivity contribution in [2.24, 2.45) is 0 Å². The van der Waals surface area contributed by atoms with Gasteiger partial charge in [0.05, 0.1) is 24.8 Å². The van der Waals surface area contributed by atoms with Crippen LogP contribution in [0.4, 0.5) is 5.00 Å². The van der Waals surface area contributed by atoms with Gasteiger partial charge in [-0.25, -0.2) is 4.79 Å². The molecule has 1 amide bonds. The number of fused-ring (bicyclic) bond motifs is 2. The minimum Gasteiger partial charge on any atom is -0.497 e. The van der Waals surface area contributed by atoms with Gasteiger partial charge in [-0.2, -0.15) is 9.78 Å². The SMILES string of the molecule is CCOC(=O)c1nn(-c2ccc(OC)cc2)c(=O)c2c(NC(=O)c3ccc4c(c3)OCO4)scc12. The minimum atomic E-state index is -0.675. The molecule has 4 aromatic rings. The first-order valence-corrected chi connectivity index (χ1v) is 11.4. The molecule has 2 aromatic heterocycles. The van der Waals surface area contributed by atoms with E-state index in [2.05, 4.69) is 10.4 Å². The van der Waals surface area contributed by atoms with Crippen molar-refractivity contribution < 1.29 is 28.5 Å². The minimum absolute atomic E-state index is 0.0305. The average molecular weight is 493 g/mol. The lowest BCUT2D eigenvalue weighted by Gasteiger charge is -2.10. The third-order valence-corrected chi connectivity index (χ3v) is 6.20. The summed E-state index contributed by atoms with van der Waals surface area (Å²) in [6, 6.07) is 11.4. The van der Waals surface area contributed by atoms with Crippen LogP contribution in [0.15, 0.2) is 52.6 Å². The Balaban J connectivity index is 1.60. The maximum Gasteiger partial charge on any atom is 0.359 e. The van der Waals surface area contributed by atoms with Crippen LogP contribution in [0.5, 0.6) is 17.2 Å². The topological polar surface area (TPSA) is 118 Å².